The first-order valence-corrected chi connectivity index (χ1v) is 11.4. The molecule has 0 radical (unpaired) electrons. The zero-order valence-electron chi connectivity index (χ0n) is 16.0. The average molecular weight is 446 g/mol. The van der Waals surface area contributed by atoms with E-state index in [4.69, 9.17) is 4.74 Å². The van der Waals surface area contributed by atoms with Crippen LogP contribution in [0.5, 0.6) is 0 Å². The number of halogens is 1. The second kappa shape index (κ2) is 9.55. The van der Waals surface area contributed by atoms with Gasteiger partial charge in [-0.2, -0.15) is 0 Å². The highest BCUT2D eigenvalue weighted by Gasteiger charge is 2.17. The van der Waals surface area contributed by atoms with E-state index in [0.717, 1.165) is 34.0 Å². The van der Waals surface area contributed by atoms with Crippen molar-refractivity contribution in [2.45, 2.75) is 23.3 Å². The molecule has 9 heteroatoms. The minimum Gasteiger partial charge on any atom is -0.376 e. The monoisotopic (exact) mass is 445 g/mol. The first-order chi connectivity index (χ1) is 14.6. The Kier molecular flexibility index (Phi) is 6.61. The molecule has 0 saturated carbocycles. The number of nitrogens with one attached hydrogen (secondary N) is 2. The minimum absolute atomic E-state index is 0.00726. The van der Waals surface area contributed by atoms with Crippen LogP contribution in [0.1, 0.15) is 23.2 Å². The van der Waals surface area contributed by atoms with Crippen LogP contribution in [-0.4, -0.2) is 41.8 Å². The van der Waals surface area contributed by atoms with E-state index in [1.165, 1.54) is 41.3 Å². The lowest BCUT2D eigenvalue weighted by atomic mass is 10.2. The van der Waals surface area contributed by atoms with E-state index < -0.39 is 11.7 Å². The number of thioether (sulfide) groups is 1. The van der Waals surface area contributed by atoms with E-state index in [2.05, 4.69) is 15.6 Å². The standard InChI is InChI=1S/C21H20FN3O3S2/c22-16-6-2-1-5-15(16)20(27)24-13-7-8-17-18(10-13)30-21(25-17)29-12-19(26)23-11-14-4-3-9-28-14/h1-2,5-8,10,14H,3-4,9,11-12H2,(H,23,26)(H,24,27). The highest BCUT2D eigenvalue weighted by molar-refractivity contribution is 8.01. The van der Waals surface area contributed by atoms with E-state index >= 15 is 0 Å². The number of hydrogen-bond acceptors (Lipinski definition) is 6. The number of anilines is 1. The molecule has 1 aliphatic heterocycles. The van der Waals surface area contributed by atoms with Crippen LogP contribution < -0.4 is 10.6 Å². The number of carbonyl (C=O) groups excluding carboxylic acids is 2. The van der Waals surface area contributed by atoms with Crippen molar-refractivity contribution in [2.24, 2.45) is 0 Å². The van der Waals surface area contributed by atoms with Crippen molar-refractivity contribution >= 4 is 50.8 Å². The van der Waals surface area contributed by atoms with Crippen LogP contribution in [-0.2, 0) is 9.53 Å². The summed E-state index contributed by atoms with van der Waals surface area (Å²) < 4.78 is 20.9. The van der Waals surface area contributed by atoms with Crippen LogP contribution >= 0.6 is 23.1 Å². The summed E-state index contributed by atoms with van der Waals surface area (Å²) in [7, 11) is 0. The fourth-order valence-corrected chi connectivity index (χ4v) is 5.04. The van der Waals surface area contributed by atoms with Gasteiger partial charge < -0.3 is 15.4 Å². The summed E-state index contributed by atoms with van der Waals surface area (Å²) in [6.07, 6.45) is 2.16. The van der Waals surface area contributed by atoms with Crippen molar-refractivity contribution in [2.75, 3.05) is 24.2 Å². The number of nitrogens with zero attached hydrogens (tertiary/aromatic N) is 1. The number of rotatable bonds is 7. The van der Waals surface area contributed by atoms with Crippen LogP contribution in [0, 0.1) is 5.82 Å². The second-order valence-electron chi connectivity index (χ2n) is 6.82. The van der Waals surface area contributed by atoms with Gasteiger partial charge in [0, 0.05) is 18.8 Å². The summed E-state index contributed by atoms with van der Waals surface area (Å²) >= 11 is 2.82. The van der Waals surface area contributed by atoms with Crippen molar-refractivity contribution < 1.29 is 18.7 Å². The van der Waals surface area contributed by atoms with Gasteiger partial charge in [0.2, 0.25) is 5.91 Å². The van der Waals surface area contributed by atoms with Crippen LogP contribution in [0.2, 0.25) is 0 Å². The lowest BCUT2D eigenvalue weighted by molar-refractivity contribution is -0.119. The van der Waals surface area contributed by atoms with Gasteiger partial charge in [-0.15, -0.1) is 11.3 Å². The molecule has 4 rings (SSSR count). The van der Waals surface area contributed by atoms with Gasteiger partial charge in [-0.1, -0.05) is 23.9 Å². The second-order valence-corrected chi connectivity index (χ2v) is 9.08. The smallest absolute Gasteiger partial charge is 0.258 e. The third kappa shape index (κ3) is 5.16. The Balaban J connectivity index is 1.34. The number of ether oxygens (including phenoxy) is 1. The van der Waals surface area contributed by atoms with Gasteiger partial charge in [-0.3, -0.25) is 9.59 Å². The molecule has 1 unspecified atom stereocenters. The lowest BCUT2D eigenvalue weighted by Gasteiger charge is -2.09. The number of thiazole rings is 1. The predicted octanol–water partition coefficient (Wildman–Crippen LogP) is 4.08. The van der Waals surface area contributed by atoms with Gasteiger partial charge in [0.15, 0.2) is 4.34 Å². The zero-order valence-corrected chi connectivity index (χ0v) is 17.7. The third-order valence-electron chi connectivity index (χ3n) is 4.62. The maximum absolute atomic E-state index is 13.8. The van der Waals surface area contributed by atoms with E-state index in [9.17, 15) is 14.0 Å². The molecule has 156 valence electrons. The van der Waals surface area contributed by atoms with Crippen molar-refractivity contribution in [1.29, 1.82) is 0 Å². The normalized spacial score (nSPS) is 16.0. The summed E-state index contributed by atoms with van der Waals surface area (Å²) in [5.41, 5.74) is 1.34. The van der Waals surface area contributed by atoms with E-state index in [0.29, 0.717) is 12.2 Å². The molecule has 0 aliphatic carbocycles. The number of benzene rings is 2. The maximum Gasteiger partial charge on any atom is 0.258 e. The Bertz CT molecular complexity index is 1070. The van der Waals surface area contributed by atoms with Crippen LogP contribution in [0.15, 0.2) is 46.8 Å². The Morgan fingerprint density at radius 3 is 2.93 bits per heavy atom. The number of carbonyl (C=O) groups is 2. The van der Waals surface area contributed by atoms with Crippen molar-refractivity contribution in [3.63, 3.8) is 0 Å². The molecule has 0 bridgehead atoms. The highest BCUT2D eigenvalue weighted by Crippen LogP contribution is 2.31. The van der Waals surface area contributed by atoms with Crippen LogP contribution in [0.25, 0.3) is 10.2 Å². The maximum atomic E-state index is 13.8. The number of hydrogen-bond donors (Lipinski definition) is 2. The van der Waals surface area contributed by atoms with Crippen molar-refractivity contribution in [3.8, 4) is 0 Å². The van der Waals surface area contributed by atoms with Gasteiger partial charge in [0.1, 0.15) is 5.82 Å². The number of aromatic nitrogens is 1. The van der Waals surface area contributed by atoms with Gasteiger partial charge in [0.25, 0.3) is 5.91 Å². The van der Waals surface area contributed by atoms with Gasteiger partial charge in [-0.25, -0.2) is 9.37 Å². The molecular formula is C21H20FN3O3S2. The minimum atomic E-state index is -0.565. The molecule has 2 N–H and O–H groups in total. The molecule has 1 aliphatic rings. The van der Waals surface area contributed by atoms with Crippen LogP contribution in [0.3, 0.4) is 0 Å². The summed E-state index contributed by atoms with van der Waals surface area (Å²) in [4.78, 5) is 28.8. The molecule has 1 atom stereocenters. The largest absolute Gasteiger partial charge is 0.376 e. The molecule has 6 nitrogen and oxygen atoms in total. The summed E-state index contributed by atoms with van der Waals surface area (Å²) in [5, 5.41) is 5.60. The summed E-state index contributed by atoms with van der Waals surface area (Å²) in [5.74, 6) is -0.837. The Morgan fingerprint density at radius 2 is 2.13 bits per heavy atom. The van der Waals surface area contributed by atoms with E-state index in [1.54, 1.807) is 24.3 Å². The lowest BCUT2D eigenvalue weighted by Crippen LogP contribution is -2.32. The first-order valence-electron chi connectivity index (χ1n) is 9.56. The Labute approximate surface area is 181 Å². The molecule has 2 amide bonds. The SMILES string of the molecule is O=C(CSc1nc2ccc(NC(=O)c3ccccc3F)cc2s1)NCC1CCCO1. The zero-order chi connectivity index (χ0) is 20.9. The highest BCUT2D eigenvalue weighted by atomic mass is 32.2. The van der Waals surface area contributed by atoms with E-state index in [-0.39, 0.29) is 23.3 Å². The van der Waals surface area contributed by atoms with Crippen molar-refractivity contribution in [1.82, 2.24) is 10.3 Å². The topological polar surface area (TPSA) is 80.3 Å². The molecule has 1 aromatic heterocycles. The Morgan fingerprint density at radius 1 is 1.27 bits per heavy atom. The first kappa shape index (κ1) is 20.8. The molecule has 2 aromatic carbocycles. The summed E-state index contributed by atoms with van der Waals surface area (Å²) in [6.45, 7) is 1.31. The van der Waals surface area contributed by atoms with Gasteiger partial charge >= 0.3 is 0 Å². The molecular weight excluding hydrogens is 425 g/mol. The third-order valence-corrected chi connectivity index (χ3v) is 6.78. The molecule has 30 heavy (non-hydrogen) atoms. The molecule has 3 aromatic rings. The van der Waals surface area contributed by atoms with Gasteiger partial charge in [0.05, 0.1) is 27.6 Å². The van der Waals surface area contributed by atoms with Gasteiger partial charge in [-0.05, 0) is 43.2 Å². The molecule has 2 heterocycles. The van der Waals surface area contributed by atoms with E-state index in [1.807, 2.05) is 0 Å². The Hall–Kier alpha value is -2.49. The summed E-state index contributed by atoms with van der Waals surface area (Å²) in [6, 6.07) is 11.2. The fourth-order valence-electron chi connectivity index (χ4n) is 3.10. The molecule has 1 saturated heterocycles. The number of fused-ring (bicyclic) bond motifs is 1. The van der Waals surface area contributed by atoms with Crippen LogP contribution in [0.4, 0.5) is 10.1 Å². The predicted molar refractivity (Wildman–Crippen MR) is 117 cm³/mol. The van der Waals surface area contributed by atoms with Crippen molar-refractivity contribution in [3.05, 3.63) is 53.8 Å². The average Bonchev–Trinajstić information content (AvgIpc) is 3.40. The molecule has 0 spiro atoms. The quantitative estimate of drug-likeness (QED) is 0.536. The molecule has 1 fully saturated rings. The fraction of sp³-hybridized carbons (Fsp3) is 0.286. The number of amides is 2.